The fraction of sp³-hybridized carbons (Fsp3) is 0.486. The predicted molar refractivity (Wildman–Crippen MR) is 176 cm³/mol. The van der Waals surface area contributed by atoms with Crippen molar-refractivity contribution < 1.29 is 23.0 Å². The molecular formula is C35H37ClF2N6O3. The van der Waals surface area contributed by atoms with Gasteiger partial charge in [0, 0.05) is 30.2 Å². The number of carbonyl (C=O) groups is 1. The smallest absolute Gasteiger partial charge is 0.410 e. The number of hydrogen-bond acceptors (Lipinski definition) is 8. The summed E-state index contributed by atoms with van der Waals surface area (Å²) in [5.41, 5.74) is -0.195. The highest BCUT2D eigenvalue weighted by molar-refractivity contribution is 6.36. The molecule has 0 bridgehead atoms. The highest BCUT2D eigenvalue weighted by Gasteiger charge is 2.51. The van der Waals surface area contributed by atoms with Crippen molar-refractivity contribution in [3.8, 4) is 17.3 Å². The molecule has 4 aliphatic rings. The number of nitrogens with zero attached hydrogens (tertiary/aromatic N) is 6. The number of halogens is 3. The number of amides is 1. The van der Waals surface area contributed by atoms with Crippen molar-refractivity contribution in [2.24, 2.45) is 0 Å². The van der Waals surface area contributed by atoms with Crippen molar-refractivity contribution in [1.29, 1.82) is 0 Å². The zero-order valence-corrected chi connectivity index (χ0v) is 27.5. The molecule has 0 N–H and O–H groups in total. The molecule has 47 heavy (non-hydrogen) atoms. The molecule has 12 heteroatoms. The van der Waals surface area contributed by atoms with Gasteiger partial charge in [-0.3, -0.25) is 9.88 Å². The summed E-state index contributed by atoms with van der Waals surface area (Å²) in [6, 6.07) is 8.19. The van der Waals surface area contributed by atoms with Crippen LogP contribution in [0.1, 0.15) is 52.9 Å². The molecule has 4 saturated heterocycles. The molecule has 246 valence electrons. The molecule has 4 fully saturated rings. The third-order valence-electron chi connectivity index (χ3n) is 10.3. The number of carbonyl (C=O) groups excluding carboxylic acids is 1. The number of anilines is 1. The Balaban J connectivity index is 1.20. The summed E-state index contributed by atoms with van der Waals surface area (Å²) in [5, 5.41) is 1.39. The van der Waals surface area contributed by atoms with E-state index in [0.29, 0.717) is 47.2 Å². The van der Waals surface area contributed by atoms with Gasteiger partial charge in [-0.1, -0.05) is 35.9 Å². The molecule has 0 spiro atoms. The van der Waals surface area contributed by atoms with Crippen LogP contribution < -0.4 is 9.64 Å². The molecule has 0 unspecified atom stereocenters. The van der Waals surface area contributed by atoms with Crippen LogP contribution in [0.15, 0.2) is 36.5 Å². The fourth-order valence-electron chi connectivity index (χ4n) is 8.07. The Morgan fingerprint density at radius 2 is 1.85 bits per heavy atom. The first kappa shape index (κ1) is 30.5. The van der Waals surface area contributed by atoms with Gasteiger partial charge < -0.3 is 19.3 Å². The van der Waals surface area contributed by atoms with Crippen molar-refractivity contribution >= 4 is 45.2 Å². The normalized spacial score (nSPS) is 22.1. The van der Waals surface area contributed by atoms with Crippen LogP contribution in [-0.4, -0.2) is 86.9 Å². The number of rotatable bonds is 5. The van der Waals surface area contributed by atoms with Gasteiger partial charge in [0.2, 0.25) is 0 Å². The molecule has 1 amide bonds. The summed E-state index contributed by atoms with van der Waals surface area (Å²) in [6.45, 7) is 9.16. The van der Waals surface area contributed by atoms with Crippen LogP contribution in [0.2, 0.25) is 5.02 Å². The van der Waals surface area contributed by atoms with E-state index in [1.807, 2.05) is 20.8 Å². The zero-order chi connectivity index (χ0) is 32.7. The number of hydrogen-bond donors (Lipinski definition) is 0. The first-order valence-electron chi connectivity index (χ1n) is 16.4. The average molecular weight is 663 g/mol. The Morgan fingerprint density at radius 3 is 2.62 bits per heavy atom. The molecule has 2 atom stereocenters. The van der Waals surface area contributed by atoms with Crippen LogP contribution in [-0.2, 0) is 4.74 Å². The monoisotopic (exact) mass is 662 g/mol. The van der Waals surface area contributed by atoms with Crippen molar-refractivity contribution in [1.82, 2.24) is 24.8 Å². The van der Waals surface area contributed by atoms with Crippen LogP contribution in [0.3, 0.4) is 0 Å². The molecule has 2 aromatic heterocycles. The maximum Gasteiger partial charge on any atom is 0.410 e. The summed E-state index contributed by atoms with van der Waals surface area (Å²) in [6.07, 6.45) is 6.29. The van der Waals surface area contributed by atoms with Crippen molar-refractivity contribution in [2.75, 3.05) is 37.7 Å². The Labute approximate surface area is 276 Å². The lowest BCUT2D eigenvalue weighted by molar-refractivity contribution is 0.0193. The lowest BCUT2D eigenvalue weighted by Gasteiger charge is -2.47. The van der Waals surface area contributed by atoms with Crippen molar-refractivity contribution in [3.63, 3.8) is 0 Å². The lowest BCUT2D eigenvalue weighted by atomic mass is 9.95. The molecule has 0 aliphatic carbocycles. The van der Waals surface area contributed by atoms with E-state index in [9.17, 15) is 9.18 Å². The highest BCUT2D eigenvalue weighted by atomic mass is 35.5. The highest BCUT2D eigenvalue weighted by Crippen LogP contribution is 2.43. The molecule has 9 nitrogen and oxygen atoms in total. The van der Waals surface area contributed by atoms with E-state index in [2.05, 4.69) is 19.8 Å². The van der Waals surface area contributed by atoms with E-state index in [4.69, 9.17) is 26.1 Å². The molecular weight excluding hydrogens is 626 g/mol. The van der Waals surface area contributed by atoms with Crippen LogP contribution in [0.4, 0.5) is 19.4 Å². The van der Waals surface area contributed by atoms with E-state index in [1.54, 1.807) is 35.4 Å². The Kier molecular flexibility index (Phi) is 7.22. The van der Waals surface area contributed by atoms with Crippen LogP contribution >= 0.6 is 11.6 Å². The number of aromatic nitrogens is 3. The zero-order valence-electron chi connectivity index (χ0n) is 26.7. The Hall–Kier alpha value is -3.83. The molecule has 8 rings (SSSR count). The van der Waals surface area contributed by atoms with Gasteiger partial charge >= 0.3 is 12.1 Å². The average Bonchev–Trinajstić information content (AvgIpc) is 3.70. The minimum Gasteiger partial charge on any atom is -0.461 e. The summed E-state index contributed by atoms with van der Waals surface area (Å²) in [5.74, 6) is -0.738. The third kappa shape index (κ3) is 5.04. The van der Waals surface area contributed by atoms with E-state index in [-0.39, 0.29) is 46.0 Å². The summed E-state index contributed by atoms with van der Waals surface area (Å²) in [4.78, 5) is 33.4. The van der Waals surface area contributed by atoms with Crippen molar-refractivity contribution in [2.45, 2.75) is 76.1 Å². The second-order valence-electron chi connectivity index (χ2n) is 14.2. The largest absolute Gasteiger partial charge is 0.461 e. The summed E-state index contributed by atoms with van der Waals surface area (Å²) < 4.78 is 43.4. The lowest BCUT2D eigenvalue weighted by Crippen LogP contribution is -2.63. The molecule has 4 aromatic rings. The molecule has 0 radical (unpaired) electrons. The number of ether oxygens (including phenoxy) is 2. The Morgan fingerprint density at radius 1 is 1.06 bits per heavy atom. The van der Waals surface area contributed by atoms with Crippen molar-refractivity contribution in [3.05, 3.63) is 53.2 Å². The molecule has 4 aliphatic heterocycles. The second-order valence-corrected chi connectivity index (χ2v) is 14.6. The van der Waals surface area contributed by atoms with E-state index in [1.165, 1.54) is 6.07 Å². The van der Waals surface area contributed by atoms with Gasteiger partial charge in [0.05, 0.1) is 28.0 Å². The maximum absolute atomic E-state index is 16.8. The maximum atomic E-state index is 16.8. The van der Waals surface area contributed by atoms with Gasteiger partial charge in [0.1, 0.15) is 35.1 Å². The summed E-state index contributed by atoms with van der Waals surface area (Å²) in [7, 11) is 0. The van der Waals surface area contributed by atoms with Crippen LogP contribution in [0, 0.1) is 11.6 Å². The van der Waals surface area contributed by atoms with Gasteiger partial charge in [0.25, 0.3) is 0 Å². The minimum atomic E-state index is -0.663. The Bertz CT molecular complexity index is 1910. The minimum absolute atomic E-state index is 0.0148. The third-order valence-corrected chi connectivity index (χ3v) is 10.7. The van der Waals surface area contributed by atoms with E-state index in [0.717, 1.165) is 45.2 Å². The molecule has 6 heterocycles. The predicted octanol–water partition coefficient (Wildman–Crippen LogP) is 6.98. The van der Waals surface area contributed by atoms with Gasteiger partial charge in [-0.15, -0.1) is 0 Å². The first-order valence-corrected chi connectivity index (χ1v) is 16.8. The summed E-state index contributed by atoms with van der Waals surface area (Å²) >= 11 is 6.42. The van der Waals surface area contributed by atoms with Crippen LogP contribution in [0.5, 0.6) is 6.01 Å². The molecule has 0 saturated carbocycles. The number of pyridine rings is 1. The quantitative estimate of drug-likeness (QED) is 0.226. The van der Waals surface area contributed by atoms with E-state index < -0.39 is 17.2 Å². The van der Waals surface area contributed by atoms with Gasteiger partial charge in [-0.2, -0.15) is 9.97 Å². The standard InChI is InChI=1S/C35H37ClF2N6O3/c1-34(2,3)47-33(45)43-16-11-24-25(43)18-44(24)31-22-17-39-29(21-8-4-7-20-9-10-23(37)27(36)26(20)21)28(38)30(22)40-32(41-31)46-19-35-12-5-14-42(35)15-6-13-35/h4,7-10,17,24-25H,5-6,11-16,18-19H2,1-3H3/t24-,25-/m1/s1. The second kappa shape index (κ2) is 11.1. The van der Waals surface area contributed by atoms with E-state index >= 15 is 4.39 Å². The molecule has 2 aromatic carbocycles. The SMILES string of the molecule is CC(C)(C)OC(=O)N1CC[C@@H]2[C@H]1CN2c1nc(OCC23CCCN2CCC3)nc2c(F)c(-c3cccc4ccc(F)c(Cl)c34)ncc12. The number of likely N-dealkylation sites (tertiary alicyclic amines) is 1. The fourth-order valence-corrected chi connectivity index (χ4v) is 8.34. The first-order chi connectivity index (χ1) is 22.5. The number of fused-ring (bicyclic) bond motifs is 4. The van der Waals surface area contributed by atoms with Crippen LogP contribution in [0.25, 0.3) is 32.9 Å². The van der Waals surface area contributed by atoms with Gasteiger partial charge in [0.15, 0.2) is 5.82 Å². The van der Waals surface area contributed by atoms with Gasteiger partial charge in [-0.05, 0) is 77.4 Å². The number of benzene rings is 2. The van der Waals surface area contributed by atoms with Gasteiger partial charge in [-0.25, -0.2) is 13.6 Å². The topological polar surface area (TPSA) is 83.9 Å².